The normalized spacial score (nSPS) is 11.7. The fraction of sp³-hybridized carbons (Fsp3) is 0.150. The van der Waals surface area contributed by atoms with Crippen LogP contribution in [0.5, 0.6) is 0 Å². The minimum Gasteiger partial charge on any atom is -0.394 e. The first-order chi connectivity index (χ1) is 12.7. The number of carbonyl (C=O) groups is 2. The Kier molecular flexibility index (Phi) is 5.56. The number of hydrogen-bond donors (Lipinski definition) is 3. The lowest BCUT2D eigenvalue weighted by Gasteiger charge is -2.16. The Bertz CT molecular complexity index is 912. The van der Waals surface area contributed by atoms with E-state index in [4.69, 9.17) is 0 Å². The molecule has 0 aliphatic heterocycles. The van der Waals surface area contributed by atoms with Crippen molar-refractivity contribution in [3.63, 3.8) is 0 Å². The zero-order valence-electron chi connectivity index (χ0n) is 14.1. The third-order valence-corrected chi connectivity index (χ3v) is 3.91. The van der Waals surface area contributed by atoms with Crippen molar-refractivity contribution in [1.29, 1.82) is 0 Å². The summed E-state index contributed by atoms with van der Waals surface area (Å²) in [5, 5.41) is 15.6. The van der Waals surface area contributed by atoms with Gasteiger partial charge >= 0.3 is 0 Å². The maximum atomic E-state index is 12.4. The Hall–Kier alpha value is -3.25. The zero-order chi connectivity index (χ0) is 18.4. The number of aliphatic hydroxyl groups excluding tert-OH is 1. The van der Waals surface area contributed by atoms with Gasteiger partial charge in [-0.15, -0.1) is 0 Å². The zero-order valence-corrected chi connectivity index (χ0v) is 14.1. The van der Waals surface area contributed by atoms with E-state index in [1.54, 1.807) is 24.4 Å². The lowest BCUT2D eigenvalue weighted by Crippen LogP contribution is -2.46. The summed E-state index contributed by atoms with van der Waals surface area (Å²) in [6, 6.07) is 17.2. The van der Waals surface area contributed by atoms with Crippen molar-refractivity contribution in [2.45, 2.75) is 12.5 Å². The molecule has 3 N–H and O–H groups in total. The number of nitrogens with one attached hydrogen (secondary N) is 2. The van der Waals surface area contributed by atoms with E-state index >= 15 is 0 Å². The predicted octanol–water partition coefficient (Wildman–Crippen LogP) is 1.89. The predicted molar refractivity (Wildman–Crippen MR) is 99.5 cm³/mol. The Balaban J connectivity index is 1.63. The van der Waals surface area contributed by atoms with Crippen LogP contribution in [0.1, 0.15) is 5.56 Å². The number of amides is 2. The Morgan fingerprint density at radius 2 is 1.85 bits per heavy atom. The first-order valence-corrected chi connectivity index (χ1v) is 8.25. The molecule has 3 aromatic rings. The molecule has 0 spiro atoms. The molecule has 0 aliphatic rings. The van der Waals surface area contributed by atoms with Crippen molar-refractivity contribution in [2.24, 2.45) is 0 Å². The van der Waals surface area contributed by atoms with Crippen LogP contribution >= 0.6 is 0 Å². The Labute approximate surface area is 150 Å². The highest BCUT2D eigenvalue weighted by molar-refractivity contribution is 5.98. The van der Waals surface area contributed by atoms with E-state index in [-0.39, 0.29) is 12.3 Å². The van der Waals surface area contributed by atoms with Crippen molar-refractivity contribution in [2.75, 3.05) is 11.9 Å². The summed E-state index contributed by atoms with van der Waals surface area (Å²) in [6.45, 7) is -0.485. The molecule has 6 nitrogen and oxygen atoms in total. The Morgan fingerprint density at radius 3 is 2.62 bits per heavy atom. The van der Waals surface area contributed by atoms with Gasteiger partial charge in [-0.25, -0.2) is 0 Å². The minimum absolute atomic E-state index is 0.145. The van der Waals surface area contributed by atoms with Crippen LogP contribution in [0.2, 0.25) is 0 Å². The number of hydrogen-bond acceptors (Lipinski definition) is 4. The lowest BCUT2D eigenvalue weighted by molar-refractivity contribution is -0.126. The summed E-state index contributed by atoms with van der Waals surface area (Å²) in [4.78, 5) is 28.7. The van der Waals surface area contributed by atoms with E-state index in [1.165, 1.54) is 0 Å². The summed E-state index contributed by atoms with van der Waals surface area (Å²) in [5.41, 5.74) is 2.23. The summed E-state index contributed by atoms with van der Waals surface area (Å²) < 4.78 is 0. The number of pyridine rings is 1. The number of aliphatic hydroxyl groups is 1. The quantitative estimate of drug-likeness (QED) is 0.634. The third-order valence-electron chi connectivity index (χ3n) is 3.91. The number of benzene rings is 2. The molecule has 0 unspecified atom stereocenters. The molecule has 26 heavy (non-hydrogen) atoms. The second kappa shape index (κ2) is 8.22. The largest absolute Gasteiger partial charge is 0.394 e. The van der Waals surface area contributed by atoms with Crippen LogP contribution in [-0.4, -0.2) is 34.6 Å². The smallest absolute Gasteiger partial charge is 0.249 e. The highest BCUT2D eigenvalue weighted by atomic mass is 16.3. The van der Waals surface area contributed by atoms with E-state index in [1.807, 2.05) is 42.5 Å². The second-order valence-corrected chi connectivity index (χ2v) is 5.87. The number of fused-ring (bicyclic) bond motifs is 1. The van der Waals surface area contributed by atoms with Gasteiger partial charge in [0.1, 0.15) is 6.04 Å². The van der Waals surface area contributed by atoms with Gasteiger partial charge in [0.25, 0.3) is 0 Å². The van der Waals surface area contributed by atoms with Gasteiger partial charge in [-0.3, -0.25) is 14.6 Å². The van der Waals surface area contributed by atoms with Crippen LogP contribution in [-0.2, 0) is 16.0 Å². The molecule has 2 aromatic carbocycles. The fourth-order valence-corrected chi connectivity index (χ4v) is 2.60. The molecule has 1 aromatic heterocycles. The Morgan fingerprint density at radius 1 is 1.04 bits per heavy atom. The standard InChI is InChI=1S/C20H19N3O3/c24-13-18(23-19(25)11-14-5-2-1-3-6-14)20(26)22-16-8-9-17-15(12-16)7-4-10-21-17/h1-10,12,18,24H,11,13H2,(H,22,26)(H,23,25)/t18-/m0/s1. The van der Waals surface area contributed by atoms with Crippen molar-refractivity contribution in [3.8, 4) is 0 Å². The van der Waals surface area contributed by atoms with E-state index in [2.05, 4.69) is 15.6 Å². The second-order valence-electron chi connectivity index (χ2n) is 5.87. The van der Waals surface area contributed by atoms with Gasteiger partial charge in [-0.1, -0.05) is 36.4 Å². The van der Waals surface area contributed by atoms with Crippen LogP contribution in [0.4, 0.5) is 5.69 Å². The van der Waals surface area contributed by atoms with Gasteiger partial charge in [0.15, 0.2) is 0 Å². The van der Waals surface area contributed by atoms with Crippen LogP contribution in [0.25, 0.3) is 10.9 Å². The summed E-state index contributed by atoms with van der Waals surface area (Å²) in [6.07, 6.45) is 1.84. The van der Waals surface area contributed by atoms with Gasteiger partial charge in [0.05, 0.1) is 18.5 Å². The average Bonchev–Trinajstić information content (AvgIpc) is 2.66. The molecule has 1 atom stereocenters. The van der Waals surface area contributed by atoms with E-state index in [9.17, 15) is 14.7 Å². The molecule has 0 aliphatic carbocycles. The maximum absolute atomic E-state index is 12.4. The average molecular weight is 349 g/mol. The van der Waals surface area contributed by atoms with Gasteiger partial charge in [0, 0.05) is 17.3 Å². The summed E-state index contributed by atoms with van der Waals surface area (Å²) >= 11 is 0. The fourth-order valence-electron chi connectivity index (χ4n) is 2.60. The van der Waals surface area contributed by atoms with Gasteiger partial charge in [-0.2, -0.15) is 0 Å². The molecule has 3 rings (SSSR count). The van der Waals surface area contributed by atoms with Crippen LogP contribution in [0.3, 0.4) is 0 Å². The van der Waals surface area contributed by atoms with Gasteiger partial charge in [0.2, 0.25) is 11.8 Å². The summed E-state index contributed by atoms with van der Waals surface area (Å²) in [5.74, 6) is -0.801. The first kappa shape index (κ1) is 17.6. The molecule has 0 fully saturated rings. The number of carbonyl (C=O) groups excluding carboxylic acids is 2. The summed E-state index contributed by atoms with van der Waals surface area (Å²) in [7, 11) is 0. The molecule has 1 heterocycles. The van der Waals surface area contributed by atoms with Crippen LogP contribution in [0.15, 0.2) is 66.9 Å². The molecular formula is C20H19N3O3. The molecule has 2 amide bonds. The molecule has 6 heteroatoms. The molecule has 0 saturated heterocycles. The van der Waals surface area contributed by atoms with Crippen molar-refractivity contribution < 1.29 is 14.7 Å². The monoisotopic (exact) mass is 349 g/mol. The van der Waals surface area contributed by atoms with Gasteiger partial charge < -0.3 is 15.7 Å². The van der Waals surface area contributed by atoms with Crippen molar-refractivity contribution in [3.05, 3.63) is 72.4 Å². The molecular weight excluding hydrogens is 330 g/mol. The minimum atomic E-state index is -1.02. The number of rotatable bonds is 6. The van der Waals surface area contributed by atoms with Crippen molar-refractivity contribution in [1.82, 2.24) is 10.3 Å². The van der Waals surface area contributed by atoms with E-state index in [0.717, 1.165) is 16.5 Å². The van der Waals surface area contributed by atoms with Crippen LogP contribution in [0, 0.1) is 0 Å². The first-order valence-electron chi connectivity index (χ1n) is 8.25. The third kappa shape index (κ3) is 4.43. The molecule has 0 saturated carbocycles. The number of anilines is 1. The highest BCUT2D eigenvalue weighted by Crippen LogP contribution is 2.17. The topological polar surface area (TPSA) is 91.3 Å². The number of aromatic nitrogens is 1. The van der Waals surface area contributed by atoms with Crippen LogP contribution < -0.4 is 10.6 Å². The molecule has 0 bridgehead atoms. The van der Waals surface area contributed by atoms with E-state index < -0.39 is 18.6 Å². The molecule has 0 radical (unpaired) electrons. The number of nitrogens with zero attached hydrogens (tertiary/aromatic N) is 1. The SMILES string of the molecule is O=C(Cc1ccccc1)N[C@@H](CO)C(=O)Nc1ccc2ncccc2c1. The van der Waals surface area contributed by atoms with E-state index in [0.29, 0.717) is 5.69 Å². The van der Waals surface area contributed by atoms with Gasteiger partial charge in [-0.05, 0) is 29.8 Å². The molecule has 132 valence electrons. The lowest BCUT2D eigenvalue weighted by atomic mass is 10.1. The maximum Gasteiger partial charge on any atom is 0.249 e. The highest BCUT2D eigenvalue weighted by Gasteiger charge is 2.20. The van der Waals surface area contributed by atoms with Crippen molar-refractivity contribution >= 4 is 28.4 Å².